The largest absolute Gasteiger partial charge is 0.493 e. The Morgan fingerprint density at radius 1 is 0.968 bits per heavy atom. The van der Waals surface area contributed by atoms with Gasteiger partial charge in [-0.15, -0.1) is 0 Å². The molecule has 0 saturated carbocycles. The highest BCUT2D eigenvalue weighted by atomic mass is 19.1. The van der Waals surface area contributed by atoms with E-state index in [1.165, 1.54) is 37.6 Å². The average molecular weight is 421 g/mol. The van der Waals surface area contributed by atoms with Crippen molar-refractivity contribution >= 4 is 23.7 Å². The number of nitrogens with zero attached hydrogens (tertiary/aromatic N) is 1. The van der Waals surface area contributed by atoms with Gasteiger partial charge < -0.3 is 14.8 Å². The van der Waals surface area contributed by atoms with E-state index >= 15 is 0 Å². The maximum absolute atomic E-state index is 13.5. The molecule has 0 bridgehead atoms. The summed E-state index contributed by atoms with van der Waals surface area (Å²) in [5.41, 5.74) is 3.63. The van der Waals surface area contributed by atoms with Crippen LogP contribution >= 0.6 is 0 Å². The van der Waals surface area contributed by atoms with Crippen LogP contribution in [-0.4, -0.2) is 25.1 Å². The van der Waals surface area contributed by atoms with E-state index in [-0.39, 0.29) is 5.69 Å². The van der Waals surface area contributed by atoms with Gasteiger partial charge in [0.05, 0.1) is 19.0 Å². The molecule has 2 amide bonds. The number of hydrogen-bond donors (Lipinski definition) is 2. The van der Waals surface area contributed by atoms with E-state index in [0.717, 1.165) is 5.56 Å². The molecule has 3 aromatic rings. The van der Waals surface area contributed by atoms with Crippen molar-refractivity contribution in [1.29, 1.82) is 0 Å². The average Bonchev–Trinajstić information content (AvgIpc) is 2.80. The van der Waals surface area contributed by atoms with Crippen molar-refractivity contribution in [2.24, 2.45) is 5.10 Å². The van der Waals surface area contributed by atoms with Crippen molar-refractivity contribution in [1.82, 2.24) is 5.43 Å². The lowest BCUT2D eigenvalue weighted by molar-refractivity contribution is -0.136. The quantitative estimate of drug-likeness (QED) is 0.347. The SMILES string of the molecule is COc1cc(/C=N\NC(=O)C(=O)Nc2ccccc2F)ccc1OCc1ccccc1. The summed E-state index contributed by atoms with van der Waals surface area (Å²) in [7, 11) is 1.51. The van der Waals surface area contributed by atoms with Gasteiger partial charge in [0.25, 0.3) is 0 Å². The van der Waals surface area contributed by atoms with E-state index in [1.807, 2.05) is 30.3 Å². The molecule has 3 rings (SSSR count). The van der Waals surface area contributed by atoms with Crippen LogP contribution in [-0.2, 0) is 16.2 Å². The summed E-state index contributed by atoms with van der Waals surface area (Å²) in [5, 5.41) is 5.93. The third kappa shape index (κ3) is 6.14. The zero-order chi connectivity index (χ0) is 22.1. The van der Waals surface area contributed by atoms with E-state index in [4.69, 9.17) is 9.47 Å². The number of benzene rings is 3. The summed E-state index contributed by atoms with van der Waals surface area (Å²) in [6.45, 7) is 0.387. The molecule has 3 aromatic carbocycles. The van der Waals surface area contributed by atoms with Gasteiger partial charge in [0.2, 0.25) is 0 Å². The predicted octanol–water partition coefficient (Wildman–Crippen LogP) is 3.50. The lowest BCUT2D eigenvalue weighted by Gasteiger charge is -2.11. The molecule has 0 radical (unpaired) electrons. The van der Waals surface area contributed by atoms with Gasteiger partial charge in [-0.25, -0.2) is 9.82 Å². The molecule has 0 aliphatic rings. The Hall–Kier alpha value is -4.20. The van der Waals surface area contributed by atoms with Crippen LogP contribution in [0.4, 0.5) is 10.1 Å². The van der Waals surface area contributed by atoms with Crippen molar-refractivity contribution in [2.75, 3.05) is 12.4 Å². The molecule has 158 valence electrons. The number of nitrogens with one attached hydrogen (secondary N) is 2. The highest BCUT2D eigenvalue weighted by molar-refractivity contribution is 6.39. The summed E-state index contributed by atoms with van der Waals surface area (Å²) in [6.07, 6.45) is 1.35. The fourth-order valence-corrected chi connectivity index (χ4v) is 2.58. The predicted molar refractivity (Wildman–Crippen MR) is 115 cm³/mol. The van der Waals surface area contributed by atoms with E-state index in [1.54, 1.807) is 18.2 Å². The number of anilines is 1. The number of halogens is 1. The number of para-hydroxylation sites is 1. The molecule has 31 heavy (non-hydrogen) atoms. The van der Waals surface area contributed by atoms with E-state index in [2.05, 4.69) is 15.8 Å². The van der Waals surface area contributed by atoms with Gasteiger partial charge in [0.15, 0.2) is 11.5 Å². The second-order valence-electron chi connectivity index (χ2n) is 6.32. The molecular weight excluding hydrogens is 401 g/mol. The van der Waals surface area contributed by atoms with Gasteiger partial charge in [-0.05, 0) is 41.5 Å². The highest BCUT2D eigenvalue weighted by Crippen LogP contribution is 2.28. The molecule has 0 heterocycles. The fourth-order valence-electron chi connectivity index (χ4n) is 2.58. The molecule has 8 heteroatoms. The Balaban J connectivity index is 1.57. The Morgan fingerprint density at radius 2 is 1.71 bits per heavy atom. The van der Waals surface area contributed by atoms with Gasteiger partial charge in [-0.1, -0.05) is 42.5 Å². The van der Waals surface area contributed by atoms with Crippen molar-refractivity contribution in [3.63, 3.8) is 0 Å². The highest BCUT2D eigenvalue weighted by Gasteiger charge is 2.14. The molecule has 0 fully saturated rings. The molecule has 0 saturated heterocycles. The summed E-state index contributed by atoms with van der Waals surface area (Å²) < 4.78 is 24.7. The molecule has 7 nitrogen and oxygen atoms in total. The Bertz CT molecular complexity index is 1090. The fraction of sp³-hybridized carbons (Fsp3) is 0.0870. The van der Waals surface area contributed by atoms with Gasteiger partial charge >= 0.3 is 11.8 Å². The number of ether oxygens (including phenoxy) is 2. The smallest absolute Gasteiger partial charge is 0.329 e. The first-order valence-corrected chi connectivity index (χ1v) is 9.30. The van der Waals surface area contributed by atoms with Crippen LogP contribution in [0.5, 0.6) is 11.5 Å². The normalized spacial score (nSPS) is 10.5. The van der Waals surface area contributed by atoms with Crippen molar-refractivity contribution in [3.8, 4) is 11.5 Å². The minimum absolute atomic E-state index is 0.0949. The van der Waals surface area contributed by atoms with E-state index < -0.39 is 17.6 Å². The first-order chi connectivity index (χ1) is 15.1. The number of carbonyl (C=O) groups excluding carboxylic acids is 2. The standard InChI is InChI=1S/C23H20FN3O4/c1-30-21-13-17(11-12-20(21)31-15-16-7-3-2-4-8-16)14-25-27-23(29)22(28)26-19-10-6-5-9-18(19)24/h2-14H,15H2,1H3,(H,26,28)(H,27,29)/b25-14-. The van der Waals surface area contributed by atoms with Crippen LogP contribution in [0.15, 0.2) is 77.9 Å². The van der Waals surface area contributed by atoms with Gasteiger partial charge in [0, 0.05) is 0 Å². The molecule has 0 aromatic heterocycles. The van der Waals surface area contributed by atoms with Crippen LogP contribution in [0.25, 0.3) is 0 Å². The van der Waals surface area contributed by atoms with Gasteiger partial charge in [0.1, 0.15) is 12.4 Å². The zero-order valence-electron chi connectivity index (χ0n) is 16.7. The molecule has 0 atom stereocenters. The number of hydrazone groups is 1. The van der Waals surface area contributed by atoms with Crippen LogP contribution in [0, 0.1) is 5.82 Å². The van der Waals surface area contributed by atoms with Crippen molar-refractivity contribution in [3.05, 3.63) is 89.7 Å². The molecule has 0 spiro atoms. The Morgan fingerprint density at radius 3 is 2.45 bits per heavy atom. The Kier molecular flexibility index (Phi) is 7.31. The van der Waals surface area contributed by atoms with Crippen LogP contribution in [0.2, 0.25) is 0 Å². The maximum atomic E-state index is 13.5. The number of amides is 2. The van der Waals surface area contributed by atoms with Crippen LogP contribution in [0.3, 0.4) is 0 Å². The maximum Gasteiger partial charge on any atom is 0.329 e. The van der Waals surface area contributed by atoms with Crippen molar-refractivity contribution < 1.29 is 23.5 Å². The van der Waals surface area contributed by atoms with Crippen molar-refractivity contribution in [2.45, 2.75) is 6.61 Å². The number of carbonyl (C=O) groups is 2. The topological polar surface area (TPSA) is 89.0 Å². The molecule has 0 aliphatic carbocycles. The lowest BCUT2D eigenvalue weighted by Crippen LogP contribution is -2.32. The third-order valence-corrected chi connectivity index (χ3v) is 4.13. The van der Waals surface area contributed by atoms with Crippen LogP contribution < -0.4 is 20.2 Å². The summed E-state index contributed by atoms with van der Waals surface area (Å²) >= 11 is 0. The minimum Gasteiger partial charge on any atom is -0.493 e. The minimum atomic E-state index is -1.04. The van der Waals surface area contributed by atoms with E-state index in [9.17, 15) is 14.0 Å². The first kappa shape index (κ1) is 21.5. The third-order valence-electron chi connectivity index (χ3n) is 4.13. The van der Waals surface area contributed by atoms with Gasteiger partial charge in [-0.3, -0.25) is 9.59 Å². The summed E-state index contributed by atoms with van der Waals surface area (Å²) in [4.78, 5) is 23.7. The monoisotopic (exact) mass is 421 g/mol. The molecular formula is C23H20FN3O4. The van der Waals surface area contributed by atoms with Gasteiger partial charge in [-0.2, -0.15) is 5.10 Å². The number of rotatable bonds is 7. The first-order valence-electron chi connectivity index (χ1n) is 9.30. The van der Waals surface area contributed by atoms with Crippen LogP contribution in [0.1, 0.15) is 11.1 Å². The Labute approximate surface area is 178 Å². The summed E-state index contributed by atoms with van der Waals surface area (Å²) in [6, 6.07) is 20.3. The number of methoxy groups -OCH3 is 1. The zero-order valence-corrected chi connectivity index (χ0v) is 16.7. The molecule has 2 N–H and O–H groups in total. The lowest BCUT2D eigenvalue weighted by atomic mass is 10.2. The number of hydrogen-bond acceptors (Lipinski definition) is 5. The van der Waals surface area contributed by atoms with E-state index in [0.29, 0.717) is 23.7 Å². The summed E-state index contributed by atoms with van der Waals surface area (Å²) in [5.74, 6) is -1.67. The molecule has 0 aliphatic heterocycles. The second-order valence-corrected chi connectivity index (χ2v) is 6.32. The second kappa shape index (κ2) is 10.5. The molecule has 0 unspecified atom stereocenters.